The van der Waals surface area contributed by atoms with Crippen molar-refractivity contribution >= 4 is 33.8 Å². The van der Waals surface area contributed by atoms with Gasteiger partial charge in [0.25, 0.3) is 0 Å². The summed E-state index contributed by atoms with van der Waals surface area (Å²) in [5.41, 5.74) is 2.45. The number of H-pyrrole nitrogens is 2. The van der Waals surface area contributed by atoms with E-state index in [2.05, 4.69) is 42.4 Å². The van der Waals surface area contributed by atoms with Gasteiger partial charge in [0.1, 0.15) is 17.1 Å². The summed E-state index contributed by atoms with van der Waals surface area (Å²) >= 11 is 0. The number of piperidine rings is 1. The minimum absolute atomic E-state index is 0.516. The van der Waals surface area contributed by atoms with Crippen LogP contribution in [0.25, 0.3) is 22.1 Å². The molecule has 4 aromatic rings. The van der Waals surface area contributed by atoms with Crippen LogP contribution in [0.3, 0.4) is 0 Å². The van der Waals surface area contributed by atoms with Gasteiger partial charge in [0.2, 0.25) is 5.95 Å². The number of aromatic amines is 2. The zero-order chi connectivity index (χ0) is 21.4. The van der Waals surface area contributed by atoms with Crippen molar-refractivity contribution in [3.8, 4) is 0 Å². The maximum atomic E-state index is 9.96. The van der Waals surface area contributed by atoms with Crippen LogP contribution < -0.4 is 10.2 Å². The molecule has 0 aromatic carbocycles. The first-order chi connectivity index (χ1) is 15.0. The molecule has 0 aliphatic carbocycles. The van der Waals surface area contributed by atoms with E-state index in [-0.39, 0.29) is 0 Å². The lowest BCUT2D eigenvalue weighted by Gasteiger charge is -2.33. The first-order valence-electron chi connectivity index (χ1n) is 11.0. The Bertz CT molecular complexity index is 1180. The van der Waals surface area contributed by atoms with Crippen molar-refractivity contribution in [2.24, 2.45) is 0 Å². The van der Waals surface area contributed by atoms with Crippen molar-refractivity contribution in [3.63, 3.8) is 0 Å². The maximum absolute atomic E-state index is 9.96. The van der Waals surface area contributed by atoms with E-state index in [0.29, 0.717) is 24.8 Å². The van der Waals surface area contributed by atoms with Gasteiger partial charge in [0.05, 0.1) is 11.0 Å². The molecule has 0 unspecified atom stereocenters. The average Bonchev–Trinajstić information content (AvgIpc) is 3.39. The Balaban J connectivity index is 1.33. The summed E-state index contributed by atoms with van der Waals surface area (Å²) in [5, 5.41) is 15.5. The van der Waals surface area contributed by atoms with Crippen molar-refractivity contribution in [1.29, 1.82) is 0 Å². The predicted molar refractivity (Wildman–Crippen MR) is 124 cm³/mol. The van der Waals surface area contributed by atoms with Gasteiger partial charge in [0.15, 0.2) is 0 Å². The van der Waals surface area contributed by atoms with Gasteiger partial charge in [-0.25, -0.2) is 4.98 Å². The molecule has 8 nitrogen and oxygen atoms in total. The average molecular weight is 420 g/mol. The molecule has 0 amide bonds. The van der Waals surface area contributed by atoms with E-state index in [1.54, 1.807) is 0 Å². The van der Waals surface area contributed by atoms with Crippen molar-refractivity contribution in [2.45, 2.75) is 44.6 Å². The molecule has 1 aliphatic heterocycles. The molecule has 1 saturated heterocycles. The van der Waals surface area contributed by atoms with Gasteiger partial charge >= 0.3 is 0 Å². The fourth-order valence-electron chi connectivity index (χ4n) is 4.44. The number of nitrogens with zero attached hydrogens (tertiary/aromatic N) is 4. The minimum Gasteiger partial charge on any atom is -0.390 e. The molecule has 1 fully saturated rings. The highest BCUT2D eigenvalue weighted by molar-refractivity contribution is 5.88. The first kappa shape index (κ1) is 19.8. The standard InChI is InChI=1S/C23H29N7O/c1-23(2,31)8-11-26-22-28-20-17(5-10-25-20)21(29-22)30-12-6-15(7-13-30)18-14-27-19-16(18)4-3-9-24-19/h3-5,9-10,14-15,31H,6-8,11-13H2,1-2H3,(H,24,27)(H2,25,26,28,29). The molecular formula is C23H29N7O. The van der Waals surface area contributed by atoms with Crippen LogP contribution in [0.5, 0.6) is 0 Å². The van der Waals surface area contributed by atoms with Gasteiger partial charge < -0.3 is 25.3 Å². The van der Waals surface area contributed by atoms with Crippen LogP contribution in [0.4, 0.5) is 11.8 Å². The lowest BCUT2D eigenvalue weighted by atomic mass is 9.89. The molecule has 8 heteroatoms. The summed E-state index contributed by atoms with van der Waals surface area (Å²) < 4.78 is 0. The largest absolute Gasteiger partial charge is 0.390 e. The van der Waals surface area contributed by atoms with Crippen molar-refractivity contribution < 1.29 is 5.11 Å². The van der Waals surface area contributed by atoms with Gasteiger partial charge in [-0.05, 0) is 62.8 Å². The third-order valence-electron chi connectivity index (χ3n) is 6.13. The Hall–Kier alpha value is -3.13. The first-order valence-corrected chi connectivity index (χ1v) is 11.0. The molecule has 1 aliphatic rings. The van der Waals surface area contributed by atoms with E-state index in [1.807, 2.05) is 38.4 Å². The van der Waals surface area contributed by atoms with E-state index in [0.717, 1.165) is 48.4 Å². The number of fused-ring (bicyclic) bond motifs is 2. The Labute approximate surface area is 181 Å². The molecule has 0 saturated carbocycles. The van der Waals surface area contributed by atoms with Crippen LogP contribution >= 0.6 is 0 Å². The molecule has 31 heavy (non-hydrogen) atoms. The van der Waals surface area contributed by atoms with E-state index in [4.69, 9.17) is 4.98 Å². The molecule has 5 heterocycles. The van der Waals surface area contributed by atoms with E-state index in [9.17, 15) is 5.11 Å². The van der Waals surface area contributed by atoms with E-state index in [1.165, 1.54) is 10.9 Å². The molecule has 162 valence electrons. The lowest BCUT2D eigenvalue weighted by molar-refractivity contribution is 0.0748. The summed E-state index contributed by atoms with van der Waals surface area (Å²) in [4.78, 5) is 22.8. The third kappa shape index (κ3) is 4.07. The van der Waals surface area contributed by atoms with Gasteiger partial charge in [-0.3, -0.25) is 0 Å². The summed E-state index contributed by atoms with van der Waals surface area (Å²) in [6.45, 7) is 6.12. The Kier molecular flexibility index (Phi) is 5.02. The third-order valence-corrected chi connectivity index (χ3v) is 6.13. The molecule has 4 aromatic heterocycles. The number of hydrogen-bond acceptors (Lipinski definition) is 6. The number of rotatable bonds is 6. The van der Waals surface area contributed by atoms with Crippen LogP contribution in [0, 0.1) is 0 Å². The lowest BCUT2D eigenvalue weighted by Crippen LogP contribution is -2.33. The van der Waals surface area contributed by atoms with Crippen LogP contribution in [0.15, 0.2) is 36.8 Å². The summed E-state index contributed by atoms with van der Waals surface area (Å²) in [6, 6.07) is 6.20. The number of anilines is 2. The summed E-state index contributed by atoms with van der Waals surface area (Å²) in [5.74, 6) is 2.08. The normalized spacial score (nSPS) is 15.8. The maximum Gasteiger partial charge on any atom is 0.226 e. The molecule has 5 rings (SSSR count). The second-order valence-corrected chi connectivity index (χ2v) is 9.00. The van der Waals surface area contributed by atoms with Gasteiger partial charge in [-0.2, -0.15) is 9.97 Å². The quantitative estimate of drug-likeness (QED) is 0.379. The van der Waals surface area contributed by atoms with Crippen molar-refractivity contribution in [1.82, 2.24) is 24.9 Å². The van der Waals surface area contributed by atoms with E-state index < -0.39 is 5.60 Å². The highest BCUT2D eigenvalue weighted by atomic mass is 16.3. The smallest absolute Gasteiger partial charge is 0.226 e. The van der Waals surface area contributed by atoms with Crippen LogP contribution in [-0.4, -0.2) is 55.3 Å². The molecular weight excluding hydrogens is 390 g/mol. The second-order valence-electron chi connectivity index (χ2n) is 9.00. The highest BCUT2D eigenvalue weighted by Crippen LogP contribution is 2.35. The molecule has 0 bridgehead atoms. The Morgan fingerprint density at radius 1 is 1.13 bits per heavy atom. The fraction of sp³-hybridized carbons (Fsp3) is 0.435. The number of aromatic nitrogens is 5. The molecule has 0 atom stereocenters. The van der Waals surface area contributed by atoms with Gasteiger partial charge in [0, 0.05) is 43.6 Å². The molecule has 4 N–H and O–H groups in total. The number of pyridine rings is 1. The number of nitrogens with one attached hydrogen (secondary N) is 3. The zero-order valence-electron chi connectivity index (χ0n) is 18.0. The predicted octanol–water partition coefficient (Wildman–Crippen LogP) is 3.79. The Morgan fingerprint density at radius 3 is 2.77 bits per heavy atom. The van der Waals surface area contributed by atoms with Crippen molar-refractivity contribution in [2.75, 3.05) is 29.9 Å². The summed E-state index contributed by atoms with van der Waals surface area (Å²) in [6.07, 6.45) is 8.63. The topological polar surface area (TPSA) is 106 Å². The van der Waals surface area contributed by atoms with E-state index >= 15 is 0 Å². The highest BCUT2D eigenvalue weighted by Gasteiger charge is 2.25. The fourth-order valence-corrected chi connectivity index (χ4v) is 4.44. The van der Waals surface area contributed by atoms with Crippen LogP contribution in [-0.2, 0) is 0 Å². The van der Waals surface area contributed by atoms with Crippen LogP contribution in [0.2, 0.25) is 0 Å². The number of hydrogen-bond donors (Lipinski definition) is 4. The second kappa shape index (κ2) is 7.85. The zero-order valence-corrected chi connectivity index (χ0v) is 18.0. The minimum atomic E-state index is -0.716. The van der Waals surface area contributed by atoms with Crippen molar-refractivity contribution in [3.05, 3.63) is 42.4 Å². The summed E-state index contributed by atoms with van der Waals surface area (Å²) in [7, 11) is 0. The van der Waals surface area contributed by atoms with Crippen LogP contribution in [0.1, 0.15) is 44.6 Å². The SMILES string of the molecule is CC(C)(O)CCNc1nc(N2CCC(c3c[nH]c4ncccc34)CC2)c2cc[nH]c2n1. The monoisotopic (exact) mass is 419 g/mol. The Morgan fingerprint density at radius 2 is 1.97 bits per heavy atom. The number of aliphatic hydroxyl groups is 1. The van der Waals surface area contributed by atoms with Gasteiger partial charge in [-0.15, -0.1) is 0 Å². The molecule has 0 spiro atoms. The molecule has 0 radical (unpaired) electrons. The van der Waals surface area contributed by atoms with Gasteiger partial charge in [-0.1, -0.05) is 0 Å².